The summed E-state index contributed by atoms with van der Waals surface area (Å²) in [6.45, 7) is 2.23. The number of rotatable bonds is 2. The smallest absolute Gasteiger partial charge is 0.178 e. The van der Waals surface area contributed by atoms with E-state index in [1.807, 2.05) is 18.2 Å². The summed E-state index contributed by atoms with van der Waals surface area (Å²) in [6, 6.07) is 6.45. The van der Waals surface area contributed by atoms with Gasteiger partial charge in [0.05, 0.1) is 11.0 Å². The van der Waals surface area contributed by atoms with Gasteiger partial charge in [-0.25, -0.2) is 0 Å². The lowest BCUT2D eigenvalue weighted by Gasteiger charge is -2.02. The van der Waals surface area contributed by atoms with E-state index in [-0.39, 0.29) is 0 Å². The number of nitrogens with one attached hydrogen (secondary N) is 1. The van der Waals surface area contributed by atoms with Crippen molar-refractivity contribution in [3.63, 3.8) is 0 Å². The Kier molecular flexibility index (Phi) is 2.33. The van der Waals surface area contributed by atoms with Gasteiger partial charge in [0.25, 0.3) is 0 Å². The summed E-state index contributed by atoms with van der Waals surface area (Å²) in [5, 5.41) is 0.768. The van der Waals surface area contributed by atoms with Crippen molar-refractivity contribution in [2.75, 3.05) is 0 Å². The minimum absolute atomic E-state index is 0.574. The van der Waals surface area contributed by atoms with Crippen LogP contribution in [0.15, 0.2) is 18.2 Å². The van der Waals surface area contributed by atoms with Crippen LogP contribution in [0.3, 0.4) is 0 Å². The number of nitrogens with zero attached hydrogens (tertiary/aromatic N) is 1. The zero-order valence-electron chi connectivity index (χ0n) is 9.03. The summed E-state index contributed by atoms with van der Waals surface area (Å²) in [5.74, 6) is 0.782. The molecule has 1 aliphatic rings. The highest BCUT2D eigenvalue weighted by molar-refractivity contribution is 7.71. The highest BCUT2D eigenvalue weighted by Crippen LogP contribution is 2.47. The molecule has 1 saturated carbocycles. The fourth-order valence-electron chi connectivity index (χ4n) is 2.41. The van der Waals surface area contributed by atoms with Crippen molar-refractivity contribution < 1.29 is 0 Å². The third-order valence-electron chi connectivity index (χ3n) is 3.42. The number of H-pyrrole nitrogens is 1. The molecule has 0 bridgehead atoms. The standard InChI is InChI=1S/C12H13ClN2S/c1-2-7-5-10(7)15-11-6-8(13)3-4-9(11)14-12(15)16/h3-4,6-7,10H,2,5H2,1H3,(H,14,16). The van der Waals surface area contributed by atoms with Crippen LogP contribution in [0, 0.1) is 10.7 Å². The van der Waals surface area contributed by atoms with E-state index < -0.39 is 0 Å². The Morgan fingerprint density at radius 2 is 2.38 bits per heavy atom. The number of halogens is 1. The van der Waals surface area contributed by atoms with Gasteiger partial charge in [-0.2, -0.15) is 0 Å². The number of benzene rings is 1. The lowest BCUT2D eigenvalue weighted by atomic mass is 10.3. The maximum Gasteiger partial charge on any atom is 0.178 e. The van der Waals surface area contributed by atoms with Crippen LogP contribution in [0.1, 0.15) is 25.8 Å². The maximum atomic E-state index is 6.03. The van der Waals surface area contributed by atoms with Gasteiger partial charge in [0, 0.05) is 11.1 Å². The molecule has 1 fully saturated rings. The van der Waals surface area contributed by atoms with Crippen LogP contribution in [-0.4, -0.2) is 9.55 Å². The minimum Gasteiger partial charge on any atom is -0.331 e. The highest BCUT2D eigenvalue weighted by atomic mass is 35.5. The van der Waals surface area contributed by atoms with E-state index in [1.165, 1.54) is 12.8 Å². The molecule has 4 heteroatoms. The molecule has 2 aromatic rings. The summed E-state index contributed by atoms with van der Waals surface area (Å²) in [5.41, 5.74) is 2.22. The second-order valence-corrected chi connectivity index (χ2v) is 5.26. The van der Waals surface area contributed by atoms with Crippen molar-refractivity contribution in [2.24, 2.45) is 5.92 Å². The summed E-state index contributed by atoms with van der Waals surface area (Å²) < 4.78 is 3.04. The molecule has 0 saturated heterocycles. The number of hydrogen-bond donors (Lipinski definition) is 1. The molecule has 3 rings (SSSR count). The Morgan fingerprint density at radius 3 is 3.06 bits per heavy atom. The number of imidazole rings is 1. The van der Waals surface area contributed by atoms with Gasteiger partial charge in [-0.05, 0) is 42.8 Å². The second kappa shape index (κ2) is 3.60. The number of aromatic nitrogens is 2. The van der Waals surface area contributed by atoms with Gasteiger partial charge in [0.2, 0.25) is 0 Å². The van der Waals surface area contributed by atoms with Crippen molar-refractivity contribution in [1.82, 2.24) is 9.55 Å². The normalized spacial score (nSPS) is 23.9. The van der Waals surface area contributed by atoms with Crippen molar-refractivity contribution in [3.8, 4) is 0 Å². The van der Waals surface area contributed by atoms with Crippen LogP contribution in [-0.2, 0) is 0 Å². The lowest BCUT2D eigenvalue weighted by Crippen LogP contribution is -1.95. The topological polar surface area (TPSA) is 20.7 Å². The Balaban J connectivity index is 2.19. The van der Waals surface area contributed by atoms with Crippen LogP contribution in [0.5, 0.6) is 0 Å². The van der Waals surface area contributed by atoms with Crippen LogP contribution >= 0.6 is 23.8 Å². The molecule has 2 atom stereocenters. The fraction of sp³-hybridized carbons (Fsp3) is 0.417. The summed E-state index contributed by atoms with van der Waals surface area (Å²) in [6.07, 6.45) is 2.46. The predicted molar refractivity (Wildman–Crippen MR) is 69.6 cm³/mol. The van der Waals surface area contributed by atoms with E-state index in [1.54, 1.807) is 0 Å². The zero-order valence-corrected chi connectivity index (χ0v) is 10.6. The van der Waals surface area contributed by atoms with E-state index >= 15 is 0 Å². The Morgan fingerprint density at radius 1 is 1.56 bits per heavy atom. The molecular formula is C12H13ClN2S. The first-order valence-electron chi connectivity index (χ1n) is 5.60. The molecule has 1 aromatic heterocycles. The Hall–Kier alpha value is -0.800. The summed E-state index contributed by atoms with van der Waals surface area (Å²) in [7, 11) is 0. The molecule has 0 spiro atoms. The largest absolute Gasteiger partial charge is 0.331 e. The molecule has 1 N–H and O–H groups in total. The van der Waals surface area contributed by atoms with Crippen LogP contribution in [0.25, 0.3) is 11.0 Å². The average molecular weight is 253 g/mol. The minimum atomic E-state index is 0.574. The van der Waals surface area contributed by atoms with Gasteiger partial charge in [0.15, 0.2) is 4.77 Å². The van der Waals surface area contributed by atoms with E-state index in [4.69, 9.17) is 23.8 Å². The van der Waals surface area contributed by atoms with E-state index in [0.29, 0.717) is 6.04 Å². The first kappa shape index (κ1) is 10.4. The molecule has 1 aliphatic carbocycles. The maximum absolute atomic E-state index is 6.03. The van der Waals surface area contributed by atoms with Crippen LogP contribution in [0.4, 0.5) is 0 Å². The molecule has 2 nitrogen and oxygen atoms in total. The molecule has 1 aromatic carbocycles. The van der Waals surface area contributed by atoms with Crippen molar-refractivity contribution in [1.29, 1.82) is 0 Å². The first-order chi connectivity index (χ1) is 7.70. The SMILES string of the molecule is CCC1CC1n1c(=S)[nH]c2ccc(Cl)cc21. The quantitative estimate of drug-likeness (QED) is 0.790. The highest BCUT2D eigenvalue weighted by Gasteiger charge is 2.38. The van der Waals surface area contributed by atoms with Crippen LogP contribution in [0.2, 0.25) is 5.02 Å². The average Bonchev–Trinajstić information content (AvgIpc) is 2.95. The van der Waals surface area contributed by atoms with Gasteiger partial charge < -0.3 is 9.55 Å². The lowest BCUT2D eigenvalue weighted by molar-refractivity contribution is 0.648. The molecule has 0 radical (unpaired) electrons. The fourth-order valence-corrected chi connectivity index (χ4v) is 2.92. The monoisotopic (exact) mass is 252 g/mol. The van der Waals surface area contributed by atoms with E-state index in [0.717, 1.165) is 26.7 Å². The van der Waals surface area contributed by atoms with E-state index in [9.17, 15) is 0 Å². The molecule has 2 unspecified atom stereocenters. The predicted octanol–water partition coefficient (Wildman–Crippen LogP) is 4.32. The van der Waals surface area contributed by atoms with E-state index in [2.05, 4.69) is 16.5 Å². The third kappa shape index (κ3) is 1.50. The summed E-state index contributed by atoms with van der Waals surface area (Å²) in [4.78, 5) is 3.24. The molecule has 0 aliphatic heterocycles. The molecule has 16 heavy (non-hydrogen) atoms. The molecular weight excluding hydrogens is 240 g/mol. The van der Waals surface area contributed by atoms with Crippen molar-refractivity contribution in [3.05, 3.63) is 28.0 Å². The molecule has 84 valence electrons. The first-order valence-corrected chi connectivity index (χ1v) is 6.39. The second-order valence-electron chi connectivity index (χ2n) is 4.43. The number of aromatic amines is 1. The molecule has 0 amide bonds. The zero-order chi connectivity index (χ0) is 11.3. The van der Waals surface area contributed by atoms with Gasteiger partial charge >= 0.3 is 0 Å². The number of fused-ring (bicyclic) bond motifs is 1. The van der Waals surface area contributed by atoms with Gasteiger partial charge in [-0.15, -0.1) is 0 Å². The van der Waals surface area contributed by atoms with Crippen molar-refractivity contribution >= 4 is 34.9 Å². The van der Waals surface area contributed by atoms with Gasteiger partial charge in [-0.3, -0.25) is 0 Å². The third-order valence-corrected chi connectivity index (χ3v) is 3.95. The van der Waals surface area contributed by atoms with Gasteiger partial charge in [0.1, 0.15) is 0 Å². The summed E-state index contributed by atoms with van der Waals surface area (Å²) >= 11 is 11.4. The Labute approximate surface area is 104 Å². The van der Waals surface area contributed by atoms with Gasteiger partial charge in [-0.1, -0.05) is 24.9 Å². The van der Waals surface area contributed by atoms with Crippen LogP contribution < -0.4 is 0 Å². The Bertz CT molecular complexity index is 599. The number of hydrogen-bond acceptors (Lipinski definition) is 1. The van der Waals surface area contributed by atoms with Crippen molar-refractivity contribution in [2.45, 2.75) is 25.8 Å². The molecule has 1 heterocycles.